The van der Waals surface area contributed by atoms with E-state index in [9.17, 15) is 9.18 Å². The third-order valence-electron chi connectivity index (χ3n) is 2.94. The number of hydrogen-bond acceptors (Lipinski definition) is 2. The SMILES string of the molecule is Cc1cc(F)cc(C(=O)N[C@H]2CCCNC2)c1.Cl. The second-order valence-electron chi connectivity index (χ2n) is 4.53. The van der Waals surface area contributed by atoms with E-state index in [1.807, 2.05) is 0 Å². The van der Waals surface area contributed by atoms with Crippen LogP contribution in [0.4, 0.5) is 4.39 Å². The van der Waals surface area contributed by atoms with Crippen molar-refractivity contribution in [3.8, 4) is 0 Å². The largest absolute Gasteiger partial charge is 0.348 e. The Morgan fingerprint density at radius 1 is 1.44 bits per heavy atom. The molecular weight excluding hydrogens is 255 g/mol. The Kier molecular flexibility index (Phi) is 5.56. The van der Waals surface area contributed by atoms with Crippen molar-refractivity contribution >= 4 is 18.3 Å². The lowest BCUT2D eigenvalue weighted by Crippen LogP contribution is -2.45. The second kappa shape index (κ2) is 6.71. The molecule has 0 aromatic heterocycles. The van der Waals surface area contributed by atoms with Crippen molar-refractivity contribution in [2.75, 3.05) is 13.1 Å². The topological polar surface area (TPSA) is 41.1 Å². The molecule has 100 valence electrons. The van der Waals surface area contributed by atoms with E-state index in [0.717, 1.165) is 31.5 Å². The molecule has 1 saturated heterocycles. The summed E-state index contributed by atoms with van der Waals surface area (Å²) >= 11 is 0. The van der Waals surface area contributed by atoms with Crippen LogP contribution in [0.2, 0.25) is 0 Å². The van der Waals surface area contributed by atoms with Crippen LogP contribution < -0.4 is 10.6 Å². The van der Waals surface area contributed by atoms with E-state index in [4.69, 9.17) is 0 Å². The number of aryl methyl sites for hydroxylation is 1. The summed E-state index contributed by atoms with van der Waals surface area (Å²) in [5.41, 5.74) is 1.16. The fraction of sp³-hybridized carbons (Fsp3) is 0.462. The fourth-order valence-corrected chi connectivity index (χ4v) is 2.11. The quantitative estimate of drug-likeness (QED) is 0.865. The van der Waals surface area contributed by atoms with Gasteiger partial charge in [0.2, 0.25) is 0 Å². The highest BCUT2D eigenvalue weighted by atomic mass is 35.5. The summed E-state index contributed by atoms with van der Waals surface area (Å²) in [4.78, 5) is 11.9. The second-order valence-corrected chi connectivity index (χ2v) is 4.53. The van der Waals surface area contributed by atoms with Gasteiger partial charge in [-0.05, 0) is 50.1 Å². The maximum absolute atomic E-state index is 13.2. The van der Waals surface area contributed by atoms with E-state index in [1.165, 1.54) is 12.1 Å². The number of hydrogen-bond donors (Lipinski definition) is 2. The van der Waals surface area contributed by atoms with Gasteiger partial charge in [0.15, 0.2) is 0 Å². The van der Waals surface area contributed by atoms with Gasteiger partial charge >= 0.3 is 0 Å². The van der Waals surface area contributed by atoms with Crippen LogP contribution in [0.3, 0.4) is 0 Å². The van der Waals surface area contributed by atoms with E-state index < -0.39 is 0 Å². The fourth-order valence-electron chi connectivity index (χ4n) is 2.11. The zero-order valence-corrected chi connectivity index (χ0v) is 11.1. The molecule has 0 spiro atoms. The first-order chi connectivity index (χ1) is 8.15. The first-order valence-electron chi connectivity index (χ1n) is 5.94. The highest BCUT2D eigenvalue weighted by Gasteiger charge is 2.16. The highest BCUT2D eigenvalue weighted by Crippen LogP contribution is 2.09. The Hall–Kier alpha value is -1.13. The summed E-state index contributed by atoms with van der Waals surface area (Å²) in [6, 6.07) is 4.55. The summed E-state index contributed by atoms with van der Waals surface area (Å²) in [7, 11) is 0. The Balaban J connectivity index is 0.00000162. The van der Waals surface area contributed by atoms with E-state index >= 15 is 0 Å². The van der Waals surface area contributed by atoms with Gasteiger partial charge in [-0.15, -0.1) is 12.4 Å². The lowest BCUT2D eigenvalue weighted by molar-refractivity contribution is 0.0930. The van der Waals surface area contributed by atoms with E-state index in [1.54, 1.807) is 13.0 Å². The van der Waals surface area contributed by atoms with Crippen molar-refractivity contribution in [1.29, 1.82) is 0 Å². The van der Waals surface area contributed by atoms with Gasteiger partial charge in [-0.1, -0.05) is 0 Å². The van der Waals surface area contributed by atoms with Crippen molar-refractivity contribution in [1.82, 2.24) is 10.6 Å². The number of carbonyl (C=O) groups is 1. The van der Waals surface area contributed by atoms with Gasteiger partial charge in [0.1, 0.15) is 5.82 Å². The molecule has 0 unspecified atom stereocenters. The molecule has 1 fully saturated rings. The zero-order chi connectivity index (χ0) is 12.3. The predicted molar refractivity (Wildman–Crippen MR) is 71.7 cm³/mol. The Bertz CT molecular complexity index is 399. The minimum atomic E-state index is -0.364. The standard InChI is InChI=1S/C13H17FN2O.ClH/c1-9-5-10(7-11(14)6-9)13(17)16-12-3-2-4-15-8-12;/h5-7,12,15H,2-4,8H2,1H3,(H,16,17);1H/t12-;/m0./s1. The molecule has 18 heavy (non-hydrogen) atoms. The number of rotatable bonds is 2. The minimum absolute atomic E-state index is 0. The molecule has 2 rings (SSSR count). The number of amides is 1. The molecular formula is C13H18ClFN2O. The van der Waals surface area contributed by atoms with E-state index in [0.29, 0.717) is 5.56 Å². The van der Waals surface area contributed by atoms with Gasteiger partial charge < -0.3 is 10.6 Å². The molecule has 0 saturated carbocycles. The first-order valence-corrected chi connectivity index (χ1v) is 5.94. The molecule has 1 aromatic carbocycles. The summed E-state index contributed by atoms with van der Waals surface area (Å²) in [6.45, 7) is 3.58. The molecule has 0 bridgehead atoms. The number of carbonyl (C=O) groups excluding carboxylic acids is 1. The van der Waals surface area contributed by atoms with Gasteiger partial charge in [-0.25, -0.2) is 4.39 Å². The lowest BCUT2D eigenvalue weighted by Gasteiger charge is -2.23. The van der Waals surface area contributed by atoms with Crippen molar-refractivity contribution in [2.45, 2.75) is 25.8 Å². The number of halogens is 2. The molecule has 1 aliphatic rings. The number of benzene rings is 1. The predicted octanol–water partition coefficient (Wildman–Crippen LogP) is 2.04. The molecule has 3 nitrogen and oxygen atoms in total. The van der Waals surface area contributed by atoms with Crippen LogP contribution in [0.15, 0.2) is 18.2 Å². The van der Waals surface area contributed by atoms with E-state index in [2.05, 4.69) is 10.6 Å². The monoisotopic (exact) mass is 272 g/mol. The third kappa shape index (κ3) is 3.96. The smallest absolute Gasteiger partial charge is 0.251 e. The number of nitrogens with one attached hydrogen (secondary N) is 2. The van der Waals surface area contributed by atoms with Crippen LogP contribution in [0.5, 0.6) is 0 Å². The normalized spacial score (nSPS) is 18.9. The van der Waals surface area contributed by atoms with Crippen molar-refractivity contribution in [2.24, 2.45) is 0 Å². The molecule has 1 atom stereocenters. The average Bonchev–Trinajstić information content (AvgIpc) is 2.29. The highest BCUT2D eigenvalue weighted by molar-refractivity contribution is 5.94. The van der Waals surface area contributed by atoms with Crippen molar-refractivity contribution in [3.63, 3.8) is 0 Å². The van der Waals surface area contributed by atoms with E-state index in [-0.39, 0.29) is 30.2 Å². The Morgan fingerprint density at radius 2 is 2.22 bits per heavy atom. The van der Waals surface area contributed by atoms with Crippen LogP contribution in [0, 0.1) is 12.7 Å². The summed E-state index contributed by atoms with van der Waals surface area (Å²) in [5, 5.41) is 6.15. The molecule has 5 heteroatoms. The van der Waals surface area contributed by atoms with Gasteiger partial charge in [-0.3, -0.25) is 4.79 Å². The Labute approximate surface area is 113 Å². The molecule has 1 heterocycles. The zero-order valence-electron chi connectivity index (χ0n) is 10.3. The average molecular weight is 273 g/mol. The van der Waals surface area contributed by atoms with Crippen LogP contribution in [0.25, 0.3) is 0 Å². The molecule has 0 aliphatic carbocycles. The lowest BCUT2D eigenvalue weighted by atomic mass is 10.1. The van der Waals surface area contributed by atoms with Gasteiger partial charge in [0.05, 0.1) is 0 Å². The molecule has 1 amide bonds. The number of piperidine rings is 1. The van der Waals surface area contributed by atoms with Crippen LogP contribution >= 0.6 is 12.4 Å². The van der Waals surface area contributed by atoms with Gasteiger partial charge in [-0.2, -0.15) is 0 Å². The molecule has 2 N–H and O–H groups in total. The summed E-state index contributed by atoms with van der Waals surface area (Å²) < 4.78 is 13.2. The Morgan fingerprint density at radius 3 is 2.83 bits per heavy atom. The third-order valence-corrected chi connectivity index (χ3v) is 2.94. The van der Waals surface area contributed by atoms with Gasteiger partial charge in [0, 0.05) is 18.2 Å². The van der Waals surface area contributed by atoms with Crippen LogP contribution in [0.1, 0.15) is 28.8 Å². The maximum Gasteiger partial charge on any atom is 0.251 e. The van der Waals surface area contributed by atoms with Crippen LogP contribution in [-0.4, -0.2) is 25.0 Å². The summed E-state index contributed by atoms with van der Waals surface area (Å²) in [5.74, 6) is -0.557. The van der Waals surface area contributed by atoms with Crippen molar-refractivity contribution in [3.05, 3.63) is 35.1 Å². The maximum atomic E-state index is 13.2. The molecule has 1 aliphatic heterocycles. The summed E-state index contributed by atoms with van der Waals surface area (Å²) in [6.07, 6.45) is 2.04. The van der Waals surface area contributed by atoms with Crippen molar-refractivity contribution < 1.29 is 9.18 Å². The molecule has 1 aromatic rings. The minimum Gasteiger partial charge on any atom is -0.348 e. The van der Waals surface area contributed by atoms with Gasteiger partial charge in [0.25, 0.3) is 5.91 Å². The molecule has 0 radical (unpaired) electrons. The van der Waals surface area contributed by atoms with Crippen LogP contribution in [-0.2, 0) is 0 Å². The first kappa shape index (κ1) is 14.9.